The molecule has 8 heteroatoms. The lowest BCUT2D eigenvalue weighted by Crippen LogP contribution is -2.99. The van der Waals surface area contributed by atoms with Crippen LogP contribution >= 0.6 is 0 Å². The van der Waals surface area contributed by atoms with E-state index in [1.165, 1.54) is 12.0 Å². The van der Waals surface area contributed by atoms with Crippen LogP contribution in [0.15, 0.2) is 24.3 Å². The maximum Gasteiger partial charge on any atom is 0.371 e. The molecule has 1 aromatic rings. The van der Waals surface area contributed by atoms with Crippen LogP contribution in [0.2, 0.25) is 0 Å². The Morgan fingerprint density at radius 1 is 1.26 bits per heavy atom. The molecule has 0 aromatic heterocycles. The third-order valence-electron chi connectivity index (χ3n) is 5.80. The number of hydrogen-bond acceptors (Lipinski definition) is 6. The van der Waals surface area contributed by atoms with E-state index in [9.17, 15) is 19.5 Å². The number of carbonyl (C=O) groups excluding carboxylic acids is 3. The average molecular weight is 376 g/mol. The largest absolute Gasteiger partial charge is 0.464 e. The Balaban J connectivity index is 2.09. The number of quaternary nitrogens is 1. The quantitative estimate of drug-likeness (QED) is 0.499. The topological polar surface area (TPSA) is 104 Å². The number of anilines is 1. The van der Waals surface area contributed by atoms with Gasteiger partial charge >= 0.3 is 5.97 Å². The zero-order chi connectivity index (χ0) is 19.9. The molecule has 0 radical (unpaired) electrons. The molecule has 2 heterocycles. The van der Waals surface area contributed by atoms with E-state index < -0.39 is 41.9 Å². The minimum absolute atomic E-state index is 0.236. The number of amides is 2. The molecule has 4 atom stereocenters. The van der Waals surface area contributed by atoms with Crippen molar-refractivity contribution < 1.29 is 29.5 Å². The molecule has 2 fully saturated rings. The summed E-state index contributed by atoms with van der Waals surface area (Å²) in [6.45, 7) is 1.38. The van der Waals surface area contributed by atoms with Crippen LogP contribution in [-0.4, -0.2) is 67.7 Å². The second kappa shape index (κ2) is 6.94. The predicted molar refractivity (Wildman–Crippen MR) is 96.6 cm³/mol. The van der Waals surface area contributed by atoms with Crippen molar-refractivity contribution >= 4 is 23.5 Å². The number of methoxy groups -OCH3 is 1. The average Bonchev–Trinajstić information content (AvgIpc) is 3.15. The number of aliphatic hydroxyl groups excluding tert-OH is 1. The van der Waals surface area contributed by atoms with E-state index in [4.69, 9.17) is 4.74 Å². The molecular weight excluding hydrogens is 350 g/mol. The van der Waals surface area contributed by atoms with Crippen molar-refractivity contribution in [3.63, 3.8) is 0 Å². The molecule has 0 aliphatic carbocycles. The van der Waals surface area contributed by atoms with Gasteiger partial charge in [-0.2, -0.15) is 0 Å². The molecule has 0 unspecified atom stereocenters. The third-order valence-corrected chi connectivity index (χ3v) is 5.80. The highest BCUT2D eigenvalue weighted by atomic mass is 16.5. The van der Waals surface area contributed by atoms with E-state index in [0.717, 1.165) is 11.3 Å². The van der Waals surface area contributed by atoms with E-state index in [1.807, 2.05) is 43.3 Å². The number of esters is 1. The van der Waals surface area contributed by atoms with Crippen molar-refractivity contribution in [1.29, 1.82) is 0 Å². The standard InChI is InChI=1S/C19H25N3O5/c1-5-22-16(24)13-14(17(22)25)19(10-23,18(26)27-4)20-15(13)11-6-8-12(9-7-11)21(2)3/h6-9,13-15,20,23H,5,10H2,1-4H3/p+1/t13-,14-,15-,19+/m0/s1. The molecule has 0 bridgehead atoms. The Hall–Kier alpha value is -2.45. The van der Waals surface area contributed by atoms with Gasteiger partial charge in [0.15, 0.2) is 0 Å². The van der Waals surface area contributed by atoms with Crippen molar-refractivity contribution in [1.82, 2.24) is 4.90 Å². The van der Waals surface area contributed by atoms with Gasteiger partial charge in [0.1, 0.15) is 24.5 Å². The summed E-state index contributed by atoms with van der Waals surface area (Å²) in [5.74, 6) is -3.07. The van der Waals surface area contributed by atoms with Crippen LogP contribution in [0.1, 0.15) is 18.5 Å². The summed E-state index contributed by atoms with van der Waals surface area (Å²) in [5, 5.41) is 11.7. The minimum Gasteiger partial charge on any atom is -0.464 e. The fourth-order valence-electron chi connectivity index (χ4n) is 4.39. The Kier molecular flexibility index (Phi) is 4.96. The van der Waals surface area contributed by atoms with Crippen LogP contribution in [0.3, 0.4) is 0 Å². The number of rotatable bonds is 5. The summed E-state index contributed by atoms with van der Waals surface area (Å²) in [7, 11) is 5.08. The number of aliphatic hydroxyl groups is 1. The fraction of sp³-hybridized carbons (Fsp3) is 0.526. The number of carbonyl (C=O) groups is 3. The first-order valence-electron chi connectivity index (χ1n) is 9.00. The summed E-state index contributed by atoms with van der Waals surface area (Å²) in [6.07, 6.45) is 0. The number of ether oxygens (including phenoxy) is 1. The van der Waals surface area contributed by atoms with E-state index >= 15 is 0 Å². The second-order valence-electron chi connectivity index (χ2n) is 7.29. The van der Waals surface area contributed by atoms with Gasteiger partial charge in [-0.3, -0.25) is 14.5 Å². The molecule has 1 aromatic carbocycles. The Bertz CT molecular complexity index is 763. The van der Waals surface area contributed by atoms with Gasteiger partial charge in [-0.05, 0) is 19.1 Å². The van der Waals surface area contributed by atoms with Crippen LogP contribution in [0, 0.1) is 11.8 Å². The maximum atomic E-state index is 12.9. The van der Waals surface area contributed by atoms with Crippen LogP contribution < -0.4 is 10.2 Å². The number of fused-ring (bicyclic) bond motifs is 1. The normalized spacial score (nSPS) is 29.8. The highest BCUT2D eigenvalue weighted by Crippen LogP contribution is 2.44. The van der Waals surface area contributed by atoms with Gasteiger partial charge in [0.2, 0.25) is 17.4 Å². The lowest BCUT2D eigenvalue weighted by molar-refractivity contribution is -0.735. The zero-order valence-electron chi connectivity index (χ0n) is 16.0. The van der Waals surface area contributed by atoms with Gasteiger partial charge in [-0.25, -0.2) is 4.79 Å². The fourth-order valence-corrected chi connectivity index (χ4v) is 4.39. The van der Waals surface area contributed by atoms with E-state index in [1.54, 1.807) is 12.2 Å². The SMILES string of the molecule is CCN1C(=O)[C@H]2[C@@H](C1=O)[C@](CO)(C(=O)OC)[NH2+][C@H]2c1ccc(N(C)C)cc1. The highest BCUT2D eigenvalue weighted by Gasteiger charge is 2.72. The van der Waals surface area contributed by atoms with E-state index in [2.05, 4.69) is 0 Å². The smallest absolute Gasteiger partial charge is 0.371 e. The zero-order valence-corrected chi connectivity index (χ0v) is 16.0. The number of nitrogens with zero attached hydrogens (tertiary/aromatic N) is 2. The number of likely N-dealkylation sites (tertiary alicyclic amines) is 1. The van der Waals surface area contributed by atoms with E-state index in [0.29, 0.717) is 0 Å². The van der Waals surface area contributed by atoms with Crippen LogP contribution in [-0.2, 0) is 19.1 Å². The molecule has 3 rings (SSSR count). The van der Waals surface area contributed by atoms with E-state index in [-0.39, 0.29) is 12.5 Å². The summed E-state index contributed by atoms with van der Waals surface area (Å²) in [5.41, 5.74) is 0.314. The van der Waals surface area contributed by atoms with Crippen LogP contribution in [0.5, 0.6) is 0 Å². The lowest BCUT2D eigenvalue weighted by Gasteiger charge is -2.27. The molecule has 3 N–H and O–H groups in total. The number of nitrogens with two attached hydrogens (primary N) is 1. The first-order valence-corrected chi connectivity index (χ1v) is 9.00. The van der Waals surface area contributed by atoms with Gasteiger partial charge in [0.05, 0.1) is 7.11 Å². The van der Waals surface area contributed by atoms with Gasteiger partial charge in [0, 0.05) is 31.9 Å². The second-order valence-corrected chi connectivity index (χ2v) is 7.29. The lowest BCUT2D eigenvalue weighted by atomic mass is 9.79. The minimum atomic E-state index is -1.51. The molecule has 0 spiro atoms. The first kappa shape index (κ1) is 19.3. The van der Waals surface area contributed by atoms with Crippen LogP contribution in [0.25, 0.3) is 0 Å². The van der Waals surface area contributed by atoms with Gasteiger partial charge in [-0.1, -0.05) is 12.1 Å². The van der Waals surface area contributed by atoms with Crippen molar-refractivity contribution in [3.05, 3.63) is 29.8 Å². The van der Waals surface area contributed by atoms with Crippen molar-refractivity contribution in [2.45, 2.75) is 18.5 Å². The van der Waals surface area contributed by atoms with Crippen molar-refractivity contribution in [3.8, 4) is 0 Å². The summed E-state index contributed by atoms with van der Waals surface area (Å²) in [4.78, 5) is 41.6. The first-order chi connectivity index (χ1) is 12.8. The Labute approximate surface area is 158 Å². The molecule has 2 aliphatic heterocycles. The molecule has 2 amide bonds. The Morgan fingerprint density at radius 2 is 1.89 bits per heavy atom. The molecule has 2 aliphatic rings. The summed E-state index contributed by atoms with van der Waals surface area (Å²) >= 11 is 0. The van der Waals surface area contributed by atoms with Gasteiger partial charge in [0.25, 0.3) is 0 Å². The molecule has 27 heavy (non-hydrogen) atoms. The van der Waals surface area contributed by atoms with Gasteiger partial charge in [-0.15, -0.1) is 0 Å². The highest BCUT2D eigenvalue weighted by molar-refractivity contribution is 6.08. The van der Waals surface area contributed by atoms with Crippen LogP contribution in [0.4, 0.5) is 5.69 Å². The predicted octanol–water partition coefficient (Wildman–Crippen LogP) is -1.10. The number of imide groups is 1. The molecule has 146 valence electrons. The Morgan fingerprint density at radius 3 is 2.37 bits per heavy atom. The number of hydrogen-bond donors (Lipinski definition) is 2. The van der Waals surface area contributed by atoms with Crippen molar-refractivity contribution in [2.75, 3.05) is 39.3 Å². The van der Waals surface area contributed by atoms with Crippen molar-refractivity contribution in [2.24, 2.45) is 11.8 Å². The summed E-state index contributed by atoms with van der Waals surface area (Å²) in [6, 6.07) is 7.18. The third kappa shape index (κ3) is 2.71. The molecule has 8 nitrogen and oxygen atoms in total. The summed E-state index contributed by atoms with van der Waals surface area (Å²) < 4.78 is 4.90. The molecular formula is C19H26N3O5+. The van der Waals surface area contributed by atoms with Gasteiger partial charge < -0.3 is 20.1 Å². The number of benzene rings is 1. The molecule has 0 saturated carbocycles. The molecule has 2 saturated heterocycles. The maximum absolute atomic E-state index is 12.9. The monoisotopic (exact) mass is 376 g/mol.